The van der Waals surface area contributed by atoms with Gasteiger partial charge in [0, 0.05) is 6.42 Å². The molecule has 0 aliphatic heterocycles. The maximum Gasteiger partial charge on any atom is 0.319 e. The minimum Gasteiger partial charge on any atom is -0.465 e. The molecule has 0 heterocycles. The van der Waals surface area contributed by atoms with E-state index in [4.69, 9.17) is 4.74 Å². The Morgan fingerprint density at radius 2 is 1.41 bits per heavy atom. The van der Waals surface area contributed by atoms with Gasteiger partial charge in [0.25, 0.3) is 0 Å². The Morgan fingerprint density at radius 3 is 1.93 bits per heavy atom. The van der Waals surface area contributed by atoms with E-state index in [1.54, 1.807) is 0 Å². The Bertz CT molecular complexity index is 540. The molecule has 0 unspecified atom stereocenters. The van der Waals surface area contributed by atoms with Gasteiger partial charge in [-0.25, -0.2) is 0 Å². The Kier molecular flexibility index (Phi) is 8.22. The monoisotopic (exact) mass is 404 g/mol. The highest BCUT2D eigenvalue weighted by atomic mass is 16.5. The van der Waals surface area contributed by atoms with Crippen molar-refractivity contribution in [3.63, 3.8) is 0 Å². The average Bonchev–Trinajstić information content (AvgIpc) is 2.75. The van der Waals surface area contributed by atoms with Crippen molar-refractivity contribution >= 4 is 11.8 Å². The number of ether oxygens (including phenoxy) is 1. The minimum atomic E-state index is -0.889. The molecular weight excluding hydrogens is 360 g/mol. The summed E-state index contributed by atoms with van der Waals surface area (Å²) in [5, 5.41) is 0. The van der Waals surface area contributed by atoms with E-state index in [2.05, 4.69) is 6.92 Å². The second-order valence-corrected chi connectivity index (χ2v) is 10.6. The maximum absolute atomic E-state index is 12.9. The summed E-state index contributed by atoms with van der Waals surface area (Å²) in [4.78, 5) is 25.3. The topological polar surface area (TPSA) is 43.4 Å². The van der Waals surface area contributed by atoms with Crippen LogP contribution in [0.3, 0.4) is 0 Å². The Morgan fingerprint density at radius 1 is 0.862 bits per heavy atom. The first-order valence-electron chi connectivity index (χ1n) is 12.7. The summed E-state index contributed by atoms with van der Waals surface area (Å²) in [6, 6.07) is 0. The van der Waals surface area contributed by atoms with Crippen molar-refractivity contribution in [2.24, 2.45) is 35.0 Å². The molecule has 0 aromatic rings. The molecule has 0 N–H and O–H groups in total. The third-order valence-electron chi connectivity index (χ3n) is 8.70. The number of ketones is 1. The molecule has 0 radical (unpaired) electrons. The lowest BCUT2D eigenvalue weighted by Gasteiger charge is -2.42. The van der Waals surface area contributed by atoms with Crippen molar-refractivity contribution < 1.29 is 14.3 Å². The SMILES string of the molecule is CCCOC(=O)[C@@]1(C)CC[C@@H](C2CCC(C3CCC(CCC)CC3)CC2)CC1=O. The van der Waals surface area contributed by atoms with E-state index in [1.165, 1.54) is 64.2 Å². The van der Waals surface area contributed by atoms with Gasteiger partial charge in [-0.05, 0) is 94.3 Å². The van der Waals surface area contributed by atoms with Gasteiger partial charge in [0.15, 0.2) is 0 Å². The number of Topliss-reactive ketones (excluding diaryl/α,β-unsaturated/α-hetero) is 1. The molecule has 2 atom stereocenters. The van der Waals surface area contributed by atoms with Crippen LogP contribution in [0.2, 0.25) is 0 Å². The molecule has 3 saturated carbocycles. The lowest BCUT2D eigenvalue weighted by Crippen LogP contribution is -2.44. The Labute approximate surface area is 178 Å². The van der Waals surface area contributed by atoms with Crippen molar-refractivity contribution in [1.82, 2.24) is 0 Å². The standard InChI is InChI=1S/C26H44O3/c1-4-6-19-7-9-20(10-8-19)21-11-13-22(14-12-21)23-15-16-26(3,24(27)18-23)25(28)29-17-5-2/h19-23H,4-18H2,1-3H3/t19?,20?,21?,22?,23-,26+/m1/s1. The van der Waals surface area contributed by atoms with E-state index >= 15 is 0 Å². The van der Waals surface area contributed by atoms with Gasteiger partial charge in [-0.15, -0.1) is 0 Å². The number of carbonyl (C=O) groups excluding carboxylic acids is 2. The van der Waals surface area contributed by atoms with Gasteiger partial charge in [0.05, 0.1) is 6.61 Å². The molecule has 0 aromatic carbocycles. The second kappa shape index (κ2) is 10.4. The number of rotatable bonds is 7. The molecule has 0 amide bonds. The molecule has 0 bridgehead atoms. The van der Waals surface area contributed by atoms with Gasteiger partial charge >= 0.3 is 5.97 Å². The zero-order valence-electron chi connectivity index (χ0n) is 19.2. The molecule has 0 spiro atoms. The molecule has 3 fully saturated rings. The zero-order chi connectivity index (χ0) is 20.9. The number of hydrogen-bond donors (Lipinski definition) is 0. The van der Waals surface area contributed by atoms with E-state index in [0.717, 1.165) is 30.6 Å². The van der Waals surface area contributed by atoms with Gasteiger partial charge in [0.1, 0.15) is 11.2 Å². The van der Waals surface area contributed by atoms with Gasteiger partial charge in [-0.3, -0.25) is 9.59 Å². The Balaban J connectivity index is 1.44. The third-order valence-corrected chi connectivity index (χ3v) is 8.70. The molecule has 29 heavy (non-hydrogen) atoms. The van der Waals surface area contributed by atoms with Crippen LogP contribution in [0.1, 0.15) is 111 Å². The van der Waals surface area contributed by atoms with Crippen LogP contribution in [0.25, 0.3) is 0 Å². The molecule has 3 heteroatoms. The van der Waals surface area contributed by atoms with Gasteiger partial charge in [-0.1, -0.05) is 39.5 Å². The van der Waals surface area contributed by atoms with Crippen molar-refractivity contribution in [3.05, 3.63) is 0 Å². The lowest BCUT2D eigenvalue weighted by atomic mass is 9.62. The van der Waals surface area contributed by atoms with Crippen molar-refractivity contribution in [3.8, 4) is 0 Å². The summed E-state index contributed by atoms with van der Waals surface area (Å²) in [7, 11) is 0. The highest BCUT2D eigenvalue weighted by Gasteiger charge is 2.47. The summed E-state index contributed by atoms with van der Waals surface area (Å²) in [6.07, 6.45) is 17.0. The van der Waals surface area contributed by atoms with Crippen LogP contribution in [-0.2, 0) is 14.3 Å². The van der Waals surface area contributed by atoms with E-state index in [-0.39, 0.29) is 11.8 Å². The molecule has 3 aliphatic rings. The molecule has 3 nitrogen and oxygen atoms in total. The first kappa shape index (κ1) is 22.8. The van der Waals surface area contributed by atoms with Crippen molar-refractivity contribution in [2.45, 2.75) is 111 Å². The van der Waals surface area contributed by atoms with Crippen LogP contribution in [0.5, 0.6) is 0 Å². The van der Waals surface area contributed by atoms with E-state index in [1.807, 2.05) is 13.8 Å². The lowest BCUT2D eigenvalue weighted by molar-refractivity contribution is -0.162. The predicted molar refractivity (Wildman–Crippen MR) is 118 cm³/mol. The van der Waals surface area contributed by atoms with Crippen LogP contribution in [0.15, 0.2) is 0 Å². The number of hydrogen-bond acceptors (Lipinski definition) is 3. The quantitative estimate of drug-likeness (QED) is 0.349. The van der Waals surface area contributed by atoms with Gasteiger partial charge in [-0.2, -0.15) is 0 Å². The highest BCUT2D eigenvalue weighted by molar-refractivity contribution is 6.03. The summed E-state index contributed by atoms with van der Waals surface area (Å²) >= 11 is 0. The maximum atomic E-state index is 12.9. The summed E-state index contributed by atoms with van der Waals surface area (Å²) in [6.45, 7) is 6.55. The van der Waals surface area contributed by atoms with Crippen molar-refractivity contribution in [1.29, 1.82) is 0 Å². The zero-order valence-corrected chi connectivity index (χ0v) is 19.2. The number of carbonyl (C=O) groups is 2. The predicted octanol–water partition coefficient (Wildman–Crippen LogP) is 6.73. The molecule has 3 rings (SSSR count). The minimum absolute atomic E-state index is 0.131. The molecule has 0 aromatic heterocycles. The van der Waals surface area contributed by atoms with E-state index in [0.29, 0.717) is 31.3 Å². The first-order chi connectivity index (χ1) is 14.0. The van der Waals surface area contributed by atoms with Crippen LogP contribution in [0, 0.1) is 35.0 Å². The molecule has 166 valence electrons. The van der Waals surface area contributed by atoms with Gasteiger partial charge in [0.2, 0.25) is 0 Å². The fraction of sp³-hybridized carbons (Fsp3) is 0.923. The van der Waals surface area contributed by atoms with Crippen LogP contribution in [0.4, 0.5) is 0 Å². The molecular formula is C26H44O3. The van der Waals surface area contributed by atoms with Crippen LogP contribution in [-0.4, -0.2) is 18.4 Å². The Hall–Kier alpha value is -0.860. The summed E-state index contributed by atoms with van der Waals surface area (Å²) < 4.78 is 5.33. The molecule has 0 saturated heterocycles. The second-order valence-electron chi connectivity index (χ2n) is 10.6. The van der Waals surface area contributed by atoms with Crippen LogP contribution >= 0.6 is 0 Å². The highest BCUT2D eigenvalue weighted by Crippen LogP contribution is 2.47. The fourth-order valence-corrected chi connectivity index (χ4v) is 6.60. The van der Waals surface area contributed by atoms with Gasteiger partial charge < -0.3 is 4.74 Å². The fourth-order valence-electron chi connectivity index (χ4n) is 6.60. The molecule has 3 aliphatic carbocycles. The first-order valence-corrected chi connectivity index (χ1v) is 12.7. The van der Waals surface area contributed by atoms with E-state index < -0.39 is 5.41 Å². The van der Waals surface area contributed by atoms with E-state index in [9.17, 15) is 9.59 Å². The normalized spacial score (nSPS) is 38.6. The number of esters is 1. The third kappa shape index (κ3) is 5.44. The largest absolute Gasteiger partial charge is 0.465 e. The van der Waals surface area contributed by atoms with Crippen LogP contribution < -0.4 is 0 Å². The van der Waals surface area contributed by atoms with Crippen molar-refractivity contribution in [2.75, 3.05) is 6.61 Å². The average molecular weight is 405 g/mol. The summed E-state index contributed by atoms with van der Waals surface area (Å²) in [5.74, 6) is 3.94. The smallest absolute Gasteiger partial charge is 0.319 e. The summed E-state index contributed by atoms with van der Waals surface area (Å²) in [5.41, 5.74) is -0.889.